The van der Waals surface area contributed by atoms with Crippen LogP contribution in [0.4, 0.5) is 0 Å². The molecule has 0 aliphatic heterocycles. The number of hydrogen-bond acceptors (Lipinski definition) is 7. The quantitative estimate of drug-likeness (QED) is 0.263. The predicted octanol–water partition coefficient (Wildman–Crippen LogP) is 3.87. The lowest BCUT2D eigenvalue weighted by molar-refractivity contribution is -0.122. The zero-order chi connectivity index (χ0) is 24.0. The molecule has 3 aromatic rings. The van der Waals surface area contributed by atoms with Gasteiger partial charge in [-0.2, -0.15) is 0 Å². The van der Waals surface area contributed by atoms with Crippen molar-refractivity contribution in [1.82, 2.24) is 0 Å². The molecular weight excluding hydrogens is 446 g/mol. The predicted molar refractivity (Wildman–Crippen MR) is 125 cm³/mol. The molecule has 0 saturated heterocycles. The van der Waals surface area contributed by atoms with Gasteiger partial charge in [0.05, 0.1) is 5.56 Å². The van der Waals surface area contributed by atoms with Crippen LogP contribution in [-0.4, -0.2) is 45.9 Å². The molecule has 0 aromatic heterocycles. The summed E-state index contributed by atoms with van der Waals surface area (Å²) in [5.41, 5.74) is 2.05. The number of benzene rings is 3. The van der Waals surface area contributed by atoms with Crippen molar-refractivity contribution in [3.05, 3.63) is 87.9 Å². The minimum Gasteiger partial charge on any atom is -0.508 e. The van der Waals surface area contributed by atoms with Crippen molar-refractivity contribution >= 4 is 29.6 Å². The van der Waals surface area contributed by atoms with Gasteiger partial charge in [-0.05, 0) is 42.8 Å². The third-order valence-corrected chi connectivity index (χ3v) is 5.03. The Morgan fingerprint density at radius 3 is 2.48 bits per heavy atom. The number of aryl methyl sites for hydroxylation is 1. The molecule has 0 amide bonds. The summed E-state index contributed by atoms with van der Waals surface area (Å²) in [4.78, 5) is 28.9. The van der Waals surface area contributed by atoms with Crippen LogP contribution in [0.25, 0.3) is 0 Å². The number of ketones is 1. The number of carbonyl (C=O) groups excluding carboxylic acids is 2. The fourth-order valence-corrected chi connectivity index (χ4v) is 3.30. The van der Waals surface area contributed by atoms with Gasteiger partial charge in [0.2, 0.25) is 0 Å². The number of Topliss-reactive ketones (excluding diaryl/α,β-unsaturated/α-hetero) is 1. The topological polar surface area (TPSA) is 116 Å². The minimum atomic E-state index is -0.934. The highest BCUT2D eigenvalue weighted by Crippen LogP contribution is 2.33. The molecule has 0 radical (unpaired) electrons. The third-order valence-electron chi connectivity index (χ3n) is 4.81. The van der Waals surface area contributed by atoms with Crippen LogP contribution in [0, 0.1) is 6.92 Å². The van der Waals surface area contributed by atoms with E-state index in [4.69, 9.17) is 16.3 Å². The maximum atomic E-state index is 12.5. The molecule has 0 aliphatic carbocycles. The van der Waals surface area contributed by atoms with Gasteiger partial charge in [0.25, 0.3) is 0 Å². The van der Waals surface area contributed by atoms with E-state index in [1.807, 2.05) is 13.0 Å². The number of phenols is 2. The highest BCUT2D eigenvalue weighted by molar-refractivity contribution is 6.31. The molecule has 7 nitrogen and oxygen atoms in total. The number of ether oxygens (including phenoxy) is 1. The number of carbonyl (C=O) groups is 2. The summed E-state index contributed by atoms with van der Waals surface area (Å²) < 4.78 is 5.32. The first-order chi connectivity index (χ1) is 15.8. The van der Waals surface area contributed by atoms with Crippen molar-refractivity contribution in [1.29, 1.82) is 0 Å². The molecule has 8 heteroatoms. The number of aromatic hydroxyl groups is 2. The van der Waals surface area contributed by atoms with Crippen LogP contribution in [0.5, 0.6) is 17.2 Å². The Labute approximate surface area is 195 Å². The minimum absolute atomic E-state index is 0.0869. The van der Waals surface area contributed by atoms with Crippen molar-refractivity contribution in [2.45, 2.75) is 19.4 Å². The summed E-state index contributed by atoms with van der Waals surface area (Å²) in [6.07, 6.45) is 1.41. The van der Waals surface area contributed by atoms with Crippen molar-refractivity contribution in [3.63, 3.8) is 0 Å². The summed E-state index contributed by atoms with van der Waals surface area (Å²) >= 11 is 6.13. The van der Waals surface area contributed by atoms with Crippen LogP contribution in [0.1, 0.15) is 27.0 Å². The number of aliphatic hydroxyl groups excluding tert-OH is 1. The third kappa shape index (κ3) is 6.41. The number of nitrogens with zero attached hydrogens (tertiary/aromatic N) is 1. The zero-order valence-electron chi connectivity index (χ0n) is 17.7. The second-order valence-corrected chi connectivity index (χ2v) is 7.83. The molecule has 0 heterocycles. The number of hydrogen-bond donors (Lipinski definition) is 3. The molecule has 0 bridgehead atoms. The summed E-state index contributed by atoms with van der Waals surface area (Å²) in [5.74, 6) is -1.63. The van der Waals surface area contributed by atoms with Crippen LogP contribution in [-0.2, 0) is 11.2 Å². The number of aliphatic imine (C=N–C) groups is 1. The maximum absolute atomic E-state index is 12.5. The fourth-order valence-electron chi connectivity index (χ4n) is 3.08. The van der Waals surface area contributed by atoms with E-state index in [0.29, 0.717) is 5.56 Å². The lowest BCUT2D eigenvalue weighted by Crippen LogP contribution is -2.24. The number of phenolic OH excluding ortho intramolecular Hbond substituents is 2. The molecule has 0 saturated carbocycles. The van der Waals surface area contributed by atoms with Crippen LogP contribution in [0.3, 0.4) is 0 Å². The summed E-state index contributed by atoms with van der Waals surface area (Å²) in [7, 11) is 0. The SMILES string of the molecule is Cc1cccc(C(=O)Oc2cc(Cl)cc(C=NC(Cc3ccc(O)cc3)C(=O)CO)c2O)c1. The molecule has 170 valence electrons. The molecular formula is C25H22ClNO6. The Balaban J connectivity index is 1.85. The number of halogens is 1. The second-order valence-electron chi connectivity index (χ2n) is 7.39. The van der Waals surface area contributed by atoms with E-state index in [9.17, 15) is 24.9 Å². The van der Waals surface area contributed by atoms with E-state index in [0.717, 1.165) is 11.1 Å². The van der Waals surface area contributed by atoms with Gasteiger partial charge in [-0.25, -0.2) is 4.79 Å². The maximum Gasteiger partial charge on any atom is 0.343 e. The first kappa shape index (κ1) is 24.0. The van der Waals surface area contributed by atoms with Crippen LogP contribution in [0.15, 0.2) is 65.7 Å². The van der Waals surface area contributed by atoms with Gasteiger partial charge in [0.15, 0.2) is 17.3 Å². The summed E-state index contributed by atoms with van der Waals surface area (Å²) in [6.45, 7) is 1.13. The molecule has 0 aliphatic rings. The van der Waals surface area contributed by atoms with E-state index in [1.54, 1.807) is 30.3 Å². The Morgan fingerprint density at radius 2 is 1.82 bits per heavy atom. The molecule has 0 spiro atoms. The average Bonchev–Trinajstić information content (AvgIpc) is 2.80. The van der Waals surface area contributed by atoms with Crippen LogP contribution < -0.4 is 4.74 Å². The second kappa shape index (κ2) is 10.8. The molecule has 3 aromatic carbocycles. The van der Waals surface area contributed by atoms with E-state index >= 15 is 0 Å². The van der Waals surface area contributed by atoms with Gasteiger partial charge < -0.3 is 20.1 Å². The van der Waals surface area contributed by atoms with Gasteiger partial charge in [0.1, 0.15) is 18.4 Å². The summed E-state index contributed by atoms with van der Waals surface area (Å²) in [6, 6.07) is 14.8. The number of rotatable bonds is 8. The van der Waals surface area contributed by atoms with Gasteiger partial charge >= 0.3 is 5.97 Å². The molecule has 1 atom stereocenters. The first-order valence-electron chi connectivity index (χ1n) is 10.0. The number of aliphatic hydroxyl groups is 1. The standard InChI is InChI=1S/C25H22ClNO6/c1-15-3-2-4-17(9-15)25(32)33-23-12-19(26)11-18(24(23)31)13-27-21(22(30)14-28)10-16-5-7-20(29)8-6-16/h2-9,11-13,21,28-29,31H,10,14H2,1H3. The van der Waals surface area contributed by atoms with E-state index in [2.05, 4.69) is 4.99 Å². The molecule has 1 unspecified atom stereocenters. The van der Waals surface area contributed by atoms with E-state index in [-0.39, 0.29) is 34.3 Å². The molecule has 0 fully saturated rings. The van der Waals surface area contributed by atoms with E-state index in [1.165, 1.54) is 30.5 Å². The Bertz CT molecular complexity index is 1190. The molecule has 33 heavy (non-hydrogen) atoms. The van der Waals surface area contributed by atoms with Gasteiger partial charge in [-0.3, -0.25) is 9.79 Å². The van der Waals surface area contributed by atoms with Crippen molar-refractivity contribution in [2.75, 3.05) is 6.61 Å². The van der Waals surface area contributed by atoms with Gasteiger partial charge in [-0.1, -0.05) is 41.4 Å². The van der Waals surface area contributed by atoms with Crippen molar-refractivity contribution < 1.29 is 29.6 Å². The average molecular weight is 468 g/mol. The highest BCUT2D eigenvalue weighted by Gasteiger charge is 2.19. The van der Waals surface area contributed by atoms with Gasteiger partial charge in [0, 0.05) is 29.3 Å². The zero-order valence-corrected chi connectivity index (χ0v) is 18.5. The summed E-state index contributed by atoms with van der Waals surface area (Å²) in [5, 5.41) is 29.5. The van der Waals surface area contributed by atoms with Crippen molar-refractivity contribution in [3.8, 4) is 17.2 Å². The monoisotopic (exact) mass is 467 g/mol. The van der Waals surface area contributed by atoms with Crippen LogP contribution >= 0.6 is 11.6 Å². The highest BCUT2D eigenvalue weighted by atomic mass is 35.5. The van der Waals surface area contributed by atoms with Crippen LogP contribution in [0.2, 0.25) is 5.02 Å². The van der Waals surface area contributed by atoms with Crippen molar-refractivity contribution in [2.24, 2.45) is 4.99 Å². The van der Waals surface area contributed by atoms with E-state index < -0.39 is 24.4 Å². The molecule has 3 rings (SSSR count). The smallest absolute Gasteiger partial charge is 0.343 e. The Kier molecular flexibility index (Phi) is 7.82. The lowest BCUT2D eigenvalue weighted by atomic mass is 10.0. The molecule has 3 N–H and O–H groups in total. The Morgan fingerprint density at radius 1 is 1.09 bits per heavy atom. The lowest BCUT2D eigenvalue weighted by Gasteiger charge is -2.12. The Hall–Kier alpha value is -3.68. The fraction of sp³-hybridized carbons (Fsp3) is 0.160. The number of esters is 1. The largest absolute Gasteiger partial charge is 0.508 e. The van der Waals surface area contributed by atoms with Gasteiger partial charge in [-0.15, -0.1) is 0 Å². The first-order valence-corrected chi connectivity index (χ1v) is 10.4. The normalized spacial score (nSPS) is 12.0.